The summed E-state index contributed by atoms with van der Waals surface area (Å²) in [6.07, 6.45) is -1.21. The van der Waals surface area contributed by atoms with Gasteiger partial charge in [0.1, 0.15) is 5.82 Å². The molecule has 0 atom stereocenters. The number of benzene rings is 1. The molecule has 0 radical (unpaired) electrons. The van der Waals surface area contributed by atoms with Gasteiger partial charge in [0, 0.05) is 42.8 Å². The predicted octanol–water partition coefficient (Wildman–Crippen LogP) is 5.70. The Hall–Kier alpha value is -2.38. The van der Waals surface area contributed by atoms with Gasteiger partial charge in [-0.3, -0.25) is 0 Å². The summed E-state index contributed by atoms with van der Waals surface area (Å²) in [5.41, 5.74) is 0.845. The van der Waals surface area contributed by atoms with Gasteiger partial charge in [-0.2, -0.15) is 0 Å². The van der Waals surface area contributed by atoms with Crippen molar-refractivity contribution >= 4 is 11.5 Å². The number of halogens is 5. The van der Waals surface area contributed by atoms with Gasteiger partial charge in [-0.15, -0.1) is 0 Å². The van der Waals surface area contributed by atoms with E-state index in [0.717, 1.165) is 0 Å². The summed E-state index contributed by atoms with van der Waals surface area (Å²) in [5, 5.41) is 6.09. The van der Waals surface area contributed by atoms with Crippen LogP contribution >= 0.6 is 0 Å². The van der Waals surface area contributed by atoms with Crippen molar-refractivity contribution in [3.63, 3.8) is 0 Å². The topological polar surface area (TPSA) is 37.0 Å². The Labute approximate surface area is 159 Å². The molecule has 0 spiro atoms. The normalized spacial score (nSPS) is 22.1. The molecular formula is C20H20F5N3. The van der Waals surface area contributed by atoms with Gasteiger partial charge in [-0.25, -0.2) is 26.9 Å². The number of rotatable bonds is 5. The lowest BCUT2D eigenvalue weighted by molar-refractivity contribution is -0.109. The predicted molar refractivity (Wildman–Crippen MR) is 97.4 cm³/mol. The molecule has 0 amide bonds. The third-order valence-electron chi connectivity index (χ3n) is 5.20. The fraction of sp³-hybridized carbons (Fsp3) is 0.450. The van der Waals surface area contributed by atoms with Crippen molar-refractivity contribution in [3.05, 3.63) is 42.2 Å². The Morgan fingerprint density at radius 1 is 0.929 bits per heavy atom. The molecule has 2 aliphatic rings. The number of nitrogens with zero attached hydrogens (tertiary/aromatic N) is 1. The highest BCUT2D eigenvalue weighted by Gasteiger charge is 2.54. The first kappa shape index (κ1) is 19.0. The minimum Gasteiger partial charge on any atom is -0.379 e. The van der Waals surface area contributed by atoms with Crippen LogP contribution in [0.1, 0.15) is 32.6 Å². The average molecular weight is 397 g/mol. The zero-order valence-electron chi connectivity index (χ0n) is 15.2. The second-order valence-electron chi connectivity index (χ2n) is 8.10. The van der Waals surface area contributed by atoms with Gasteiger partial charge in [0.15, 0.2) is 5.82 Å². The minimum absolute atomic E-state index is 0.276. The van der Waals surface area contributed by atoms with E-state index in [4.69, 9.17) is 0 Å². The Bertz CT molecular complexity index is 866. The van der Waals surface area contributed by atoms with Crippen LogP contribution in [0.15, 0.2) is 36.4 Å². The van der Waals surface area contributed by atoms with E-state index in [1.807, 2.05) is 0 Å². The zero-order chi connectivity index (χ0) is 20.2. The molecule has 0 unspecified atom stereocenters. The maximum atomic E-state index is 13.4. The molecule has 28 heavy (non-hydrogen) atoms. The van der Waals surface area contributed by atoms with E-state index in [2.05, 4.69) is 15.6 Å². The van der Waals surface area contributed by atoms with Crippen molar-refractivity contribution < 1.29 is 22.0 Å². The largest absolute Gasteiger partial charge is 0.379 e. The molecule has 1 aromatic heterocycles. The number of aromatic nitrogens is 1. The van der Waals surface area contributed by atoms with Gasteiger partial charge in [-0.1, -0.05) is 0 Å². The van der Waals surface area contributed by atoms with Gasteiger partial charge in [0.05, 0.1) is 11.4 Å². The summed E-state index contributed by atoms with van der Waals surface area (Å²) < 4.78 is 66.2. The molecule has 1 heterocycles. The third-order valence-corrected chi connectivity index (χ3v) is 5.20. The van der Waals surface area contributed by atoms with E-state index in [1.54, 1.807) is 31.2 Å². The minimum atomic E-state index is -2.72. The Morgan fingerprint density at radius 2 is 1.57 bits per heavy atom. The zero-order valence-corrected chi connectivity index (χ0v) is 15.2. The first-order chi connectivity index (χ1) is 13.0. The van der Waals surface area contributed by atoms with Crippen molar-refractivity contribution in [1.82, 2.24) is 4.98 Å². The van der Waals surface area contributed by atoms with E-state index < -0.39 is 23.4 Å². The molecule has 0 bridgehead atoms. The summed E-state index contributed by atoms with van der Waals surface area (Å²) in [7, 11) is 0. The SMILES string of the molecule is CC1(Nc2nc(-c3ccc(F)cc3)ccc2NC2CC(F)(F)C2)CC(F)(F)C1. The van der Waals surface area contributed by atoms with E-state index in [9.17, 15) is 22.0 Å². The molecule has 2 fully saturated rings. The van der Waals surface area contributed by atoms with E-state index >= 15 is 0 Å². The quantitative estimate of drug-likeness (QED) is 0.636. The van der Waals surface area contributed by atoms with Gasteiger partial charge in [-0.05, 0) is 43.3 Å². The lowest BCUT2D eigenvalue weighted by atomic mass is 9.75. The summed E-state index contributed by atoms with van der Waals surface area (Å²) in [5.74, 6) is -5.44. The van der Waals surface area contributed by atoms with Crippen molar-refractivity contribution in [2.45, 2.75) is 56.0 Å². The van der Waals surface area contributed by atoms with Gasteiger partial charge >= 0.3 is 0 Å². The lowest BCUT2D eigenvalue weighted by Gasteiger charge is -2.46. The van der Waals surface area contributed by atoms with Crippen LogP contribution < -0.4 is 10.6 Å². The molecule has 2 aromatic rings. The maximum absolute atomic E-state index is 13.4. The highest BCUT2D eigenvalue weighted by atomic mass is 19.3. The molecule has 2 aliphatic carbocycles. The van der Waals surface area contributed by atoms with Gasteiger partial charge < -0.3 is 10.6 Å². The number of nitrogens with one attached hydrogen (secondary N) is 2. The number of pyridine rings is 1. The van der Waals surface area contributed by atoms with Crippen LogP contribution in [0.3, 0.4) is 0 Å². The summed E-state index contributed by atoms with van der Waals surface area (Å²) >= 11 is 0. The lowest BCUT2D eigenvalue weighted by Crippen LogP contribution is -2.55. The van der Waals surface area contributed by atoms with Crippen LogP contribution in [-0.2, 0) is 0 Å². The monoisotopic (exact) mass is 397 g/mol. The van der Waals surface area contributed by atoms with Crippen LogP contribution in [-0.4, -0.2) is 28.4 Å². The molecule has 8 heteroatoms. The molecule has 4 rings (SSSR count). The highest BCUT2D eigenvalue weighted by Crippen LogP contribution is 2.48. The molecule has 2 saturated carbocycles. The fourth-order valence-corrected chi connectivity index (χ4v) is 3.90. The fourth-order valence-electron chi connectivity index (χ4n) is 3.90. The summed E-state index contributed by atoms with van der Waals surface area (Å²) in [4.78, 5) is 4.51. The Kier molecular flexibility index (Phi) is 4.28. The molecule has 3 nitrogen and oxygen atoms in total. The van der Waals surface area contributed by atoms with Gasteiger partial charge in [0.25, 0.3) is 11.8 Å². The number of alkyl halides is 4. The number of hydrogen-bond donors (Lipinski definition) is 2. The van der Waals surface area contributed by atoms with Crippen molar-refractivity contribution in [3.8, 4) is 11.3 Å². The second kappa shape index (κ2) is 6.32. The molecule has 0 saturated heterocycles. The van der Waals surface area contributed by atoms with Crippen LogP contribution in [0.25, 0.3) is 11.3 Å². The Balaban J connectivity index is 1.60. The van der Waals surface area contributed by atoms with Crippen molar-refractivity contribution in [1.29, 1.82) is 0 Å². The van der Waals surface area contributed by atoms with E-state index in [-0.39, 0.29) is 31.5 Å². The Morgan fingerprint density at radius 3 is 2.14 bits per heavy atom. The van der Waals surface area contributed by atoms with Crippen LogP contribution in [0.2, 0.25) is 0 Å². The van der Waals surface area contributed by atoms with Crippen molar-refractivity contribution in [2.75, 3.05) is 10.6 Å². The molecule has 150 valence electrons. The maximum Gasteiger partial charge on any atom is 0.252 e. The third kappa shape index (κ3) is 3.91. The van der Waals surface area contributed by atoms with E-state index in [0.29, 0.717) is 22.8 Å². The van der Waals surface area contributed by atoms with Crippen LogP contribution in [0.4, 0.5) is 33.5 Å². The smallest absolute Gasteiger partial charge is 0.252 e. The summed E-state index contributed by atoms with van der Waals surface area (Å²) in [6.45, 7) is 1.68. The average Bonchev–Trinajstić information content (AvgIpc) is 2.53. The first-order valence-electron chi connectivity index (χ1n) is 9.10. The summed E-state index contributed by atoms with van der Waals surface area (Å²) in [6, 6.07) is 8.73. The number of hydrogen-bond acceptors (Lipinski definition) is 3. The first-order valence-corrected chi connectivity index (χ1v) is 9.10. The molecular weight excluding hydrogens is 377 g/mol. The highest BCUT2D eigenvalue weighted by molar-refractivity contribution is 5.72. The standard InChI is InChI=1S/C20H20F5N3/c1-18(10-20(24,25)11-18)28-17-16(26-14-8-19(22,23)9-14)7-6-15(27-17)12-2-4-13(21)5-3-12/h2-7,14,26H,8-11H2,1H3,(H,27,28). The molecule has 2 N–H and O–H groups in total. The number of anilines is 2. The molecule has 0 aliphatic heterocycles. The van der Waals surface area contributed by atoms with Crippen molar-refractivity contribution in [2.24, 2.45) is 0 Å². The molecule has 1 aromatic carbocycles. The van der Waals surface area contributed by atoms with Crippen LogP contribution in [0.5, 0.6) is 0 Å². The van der Waals surface area contributed by atoms with E-state index in [1.165, 1.54) is 12.1 Å². The van der Waals surface area contributed by atoms with Crippen LogP contribution in [0, 0.1) is 5.82 Å². The second-order valence-corrected chi connectivity index (χ2v) is 8.10. The van der Waals surface area contributed by atoms with Gasteiger partial charge in [0.2, 0.25) is 0 Å².